The lowest BCUT2D eigenvalue weighted by Gasteiger charge is -2.11. The Balaban J connectivity index is 2.37. The van der Waals surface area contributed by atoms with E-state index in [0.29, 0.717) is 33.2 Å². The molecule has 1 heterocycles. The molecule has 0 unspecified atom stereocenters. The fourth-order valence-corrected chi connectivity index (χ4v) is 2.19. The summed E-state index contributed by atoms with van der Waals surface area (Å²) in [5, 5.41) is 0.970. The largest absolute Gasteiger partial charge is 0.437 e. The first-order valence-corrected chi connectivity index (χ1v) is 7.24. The number of halogens is 2. The van der Waals surface area contributed by atoms with Crippen LogP contribution in [0.3, 0.4) is 0 Å². The van der Waals surface area contributed by atoms with Gasteiger partial charge < -0.3 is 4.74 Å². The molecule has 0 aliphatic rings. The van der Waals surface area contributed by atoms with Gasteiger partial charge in [0.25, 0.3) is 0 Å². The van der Waals surface area contributed by atoms with E-state index in [-0.39, 0.29) is 0 Å². The summed E-state index contributed by atoms with van der Waals surface area (Å²) in [6.45, 7) is 5.87. The zero-order chi connectivity index (χ0) is 14.7. The number of hydrogen-bond donors (Lipinski definition) is 0. The van der Waals surface area contributed by atoms with E-state index in [9.17, 15) is 0 Å². The minimum absolute atomic E-state index is 0.418. The van der Waals surface area contributed by atoms with Gasteiger partial charge in [0.2, 0.25) is 5.88 Å². The lowest BCUT2D eigenvalue weighted by molar-refractivity contribution is 0.454. The molecule has 0 aliphatic carbocycles. The van der Waals surface area contributed by atoms with Gasteiger partial charge in [0.15, 0.2) is 0 Å². The average Bonchev–Trinajstić information content (AvgIpc) is 2.39. The maximum Gasteiger partial charge on any atom is 0.227 e. The van der Waals surface area contributed by atoms with E-state index in [4.69, 9.17) is 27.9 Å². The molecule has 3 nitrogen and oxygen atoms in total. The summed E-state index contributed by atoms with van der Waals surface area (Å²) < 4.78 is 5.80. The minimum atomic E-state index is 0.418. The van der Waals surface area contributed by atoms with E-state index in [1.807, 2.05) is 32.0 Å². The van der Waals surface area contributed by atoms with E-state index < -0.39 is 0 Å². The Morgan fingerprint density at radius 2 is 1.90 bits per heavy atom. The molecule has 0 amide bonds. The summed E-state index contributed by atoms with van der Waals surface area (Å²) in [5.41, 5.74) is 1.79. The van der Waals surface area contributed by atoms with Crippen molar-refractivity contribution in [3.63, 3.8) is 0 Å². The van der Waals surface area contributed by atoms with Crippen molar-refractivity contribution in [3.05, 3.63) is 45.3 Å². The van der Waals surface area contributed by atoms with Crippen LogP contribution in [-0.2, 0) is 6.42 Å². The monoisotopic (exact) mass is 310 g/mol. The molecular formula is C15H16Cl2N2O. The van der Waals surface area contributed by atoms with E-state index in [0.717, 1.165) is 18.4 Å². The van der Waals surface area contributed by atoms with Gasteiger partial charge in [-0.05, 0) is 38.0 Å². The number of aryl methyl sites for hydroxylation is 2. The van der Waals surface area contributed by atoms with Crippen molar-refractivity contribution in [2.24, 2.45) is 0 Å². The Hall–Kier alpha value is -1.32. The van der Waals surface area contributed by atoms with Gasteiger partial charge in [0, 0.05) is 12.0 Å². The molecule has 2 rings (SSSR count). The third kappa shape index (κ3) is 3.41. The highest BCUT2D eigenvalue weighted by Crippen LogP contribution is 2.32. The molecule has 0 radical (unpaired) electrons. The van der Waals surface area contributed by atoms with E-state index in [2.05, 4.69) is 16.9 Å². The van der Waals surface area contributed by atoms with Crippen LogP contribution in [0.4, 0.5) is 0 Å². The Labute approximate surface area is 128 Å². The second-order valence-electron chi connectivity index (χ2n) is 4.65. The van der Waals surface area contributed by atoms with Crippen LogP contribution >= 0.6 is 23.2 Å². The van der Waals surface area contributed by atoms with E-state index in [1.54, 1.807) is 0 Å². The molecule has 0 saturated carbocycles. The van der Waals surface area contributed by atoms with Gasteiger partial charge in [-0.1, -0.05) is 36.2 Å². The van der Waals surface area contributed by atoms with Crippen molar-refractivity contribution in [3.8, 4) is 11.6 Å². The van der Waals surface area contributed by atoms with Crippen LogP contribution in [-0.4, -0.2) is 9.97 Å². The number of aromatic nitrogens is 2. The summed E-state index contributed by atoms with van der Waals surface area (Å²) in [7, 11) is 0. The zero-order valence-electron chi connectivity index (χ0n) is 11.7. The first-order chi connectivity index (χ1) is 9.51. The lowest BCUT2D eigenvalue weighted by Crippen LogP contribution is -2.01. The van der Waals surface area contributed by atoms with Crippen molar-refractivity contribution in [1.29, 1.82) is 0 Å². The third-order valence-electron chi connectivity index (χ3n) is 2.86. The summed E-state index contributed by atoms with van der Waals surface area (Å²) >= 11 is 12.3. The molecule has 0 aliphatic heterocycles. The van der Waals surface area contributed by atoms with Crippen molar-refractivity contribution >= 4 is 23.2 Å². The SMILES string of the molecule is CCCc1nc(Cl)c(C)c(Oc2ccc(C)cc2Cl)n1. The van der Waals surface area contributed by atoms with Gasteiger partial charge >= 0.3 is 0 Å². The standard InChI is InChI=1S/C15H16Cl2N2O/c1-4-5-13-18-14(17)10(3)15(19-13)20-12-7-6-9(2)8-11(12)16/h6-8H,4-5H2,1-3H3. The number of nitrogens with zero attached hydrogens (tertiary/aromatic N) is 2. The molecule has 0 N–H and O–H groups in total. The highest BCUT2D eigenvalue weighted by atomic mass is 35.5. The molecule has 1 aromatic heterocycles. The van der Waals surface area contributed by atoms with Crippen molar-refractivity contribution in [1.82, 2.24) is 9.97 Å². The Morgan fingerprint density at radius 1 is 1.15 bits per heavy atom. The lowest BCUT2D eigenvalue weighted by atomic mass is 10.2. The minimum Gasteiger partial charge on any atom is -0.437 e. The average molecular weight is 311 g/mol. The molecule has 0 bridgehead atoms. The van der Waals surface area contributed by atoms with Crippen molar-refractivity contribution < 1.29 is 4.74 Å². The Kier molecular flexibility index (Phi) is 4.84. The van der Waals surface area contributed by atoms with E-state index >= 15 is 0 Å². The molecule has 2 aromatic rings. The quantitative estimate of drug-likeness (QED) is 0.733. The second kappa shape index (κ2) is 6.42. The Morgan fingerprint density at radius 3 is 2.55 bits per heavy atom. The highest BCUT2D eigenvalue weighted by molar-refractivity contribution is 6.32. The molecule has 0 saturated heterocycles. The fourth-order valence-electron chi connectivity index (χ4n) is 1.74. The maximum atomic E-state index is 6.17. The van der Waals surface area contributed by atoms with Gasteiger partial charge in [0.1, 0.15) is 16.7 Å². The summed E-state index contributed by atoms with van der Waals surface area (Å²) in [4.78, 5) is 8.65. The smallest absolute Gasteiger partial charge is 0.227 e. The topological polar surface area (TPSA) is 35.0 Å². The normalized spacial score (nSPS) is 10.7. The number of ether oxygens (including phenoxy) is 1. The van der Waals surface area contributed by atoms with Crippen LogP contribution in [0.5, 0.6) is 11.6 Å². The Bertz CT molecular complexity index is 630. The predicted molar refractivity (Wildman–Crippen MR) is 82.0 cm³/mol. The zero-order valence-corrected chi connectivity index (χ0v) is 13.2. The molecule has 106 valence electrons. The number of benzene rings is 1. The molecule has 0 fully saturated rings. The number of hydrogen-bond acceptors (Lipinski definition) is 3. The van der Waals surface area contributed by atoms with Crippen LogP contribution in [0.15, 0.2) is 18.2 Å². The highest BCUT2D eigenvalue weighted by Gasteiger charge is 2.12. The first kappa shape index (κ1) is 15.1. The van der Waals surface area contributed by atoms with Crippen LogP contribution < -0.4 is 4.74 Å². The van der Waals surface area contributed by atoms with Gasteiger partial charge in [0.05, 0.1) is 5.02 Å². The van der Waals surface area contributed by atoms with Gasteiger partial charge in [-0.25, -0.2) is 4.98 Å². The summed E-state index contributed by atoms with van der Waals surface area (Å²) in [5.74, 6) is 1.71. The fraction of sp³-hybridized carbons (Fsp3) is 0.333. The molecule has 1 aromatic carbocycles. The summed E-state index contributed by atoms with van der Waals surface area (Å²) in [6, 6.07) is 5.61. The maximum absolute atomic E-state index is 6.17. The van der Waals surface area contributed by atoms with Gasteiger partial charge in [-0.3, -0.25) is 0 Å². The van der Waals surface area contributed by atoms with Crippen LogP contribution in [0.2, 0.25) is 10.2 Å². The van der Waals surface area contributed by atoms with Crippen LogP contribution in [0.1, 0.15) is 30.3 Å². The van der Waals surface area contributed by atoms with Gasteiger partial charge in [-0.15, -0.1) is 0 Å². The molecule has 5 heteroatoms. The summed E-state index contributed by atoms with van der Waals surface area (Å²) in [6.07, 6.45) is 1.71. The van der Waals surface area contributed by atoms with Gasteiger partial charge in [-0.2, -0.15) is 4.98 Å². The van der Waals surface area contributed by atoms with Crippen LogP contribution in [0, 0.1) is 13.8 Å². The number of rotatable bonds is 4. The van der Waals surface area contributed by atoms with E-state index in [1.165, 1.54) is 0 Å². The van der Waals surface area contributed by atoms with Crippen LogP contribution in [0.25, 0.3) is 0 Å². The third-order valence-corrected chi connectivity index (χ3v) is 3.52. The van der Waals surface area contributed by atoms with Crippen molar-refractivity contribution in [2.45, 2.75) is 33.6 Å². The molecular weight excluding hydrogens is 295 g/mol. The molecule has 0 atom stereocenters. The first-order valence-electron chi connectivity index (χ1n) is 6.48. The van der Waals surface area contributed by atoms with Crippen molar-refractivity contribution in [2.75, 3.05) is 0 Å². The molecule has 0 spiro atoms. The molecule has 20 heavy (non-hydrogen) atoms. The predicted octanol–water partition coefficient (Wildman–Crippen LogP) is 5.15. The second-order valence-corrected chi connectivity index (χ2v) is 5.41.